The van der Waals surface area contributed by atoms with E-state index >= 15 is 0 Å². The van der Waals surface area contributed by atoms with Gasteiger partial charge in [-0.05, 0) is 60.6 Å². The molecule has 1 aliphatic heterocycles. The van der Waals surface area contributed by atoms with Crippen molar-refractivity contribution in [3.05, 3.63) is 82.9 Å². The molecule has 1 fully saturated rings. The first-order chi connectivity index (χ1) is 15.6. The summed E-state index contributed by atoms with van der Waals surface area (Å²) in [5, 5.41) is 3.83. The van der Waals surface area contributed by atoms with Crippen molar-refractivity contribution in [3.63, 3.8) is 0 Å². The van der Waals surface area contributed by atoms with Gasteiger partial charge in [0.1, 0.15) is 17.0 Å². The fourth-order valence-electron chi connectivity index (χ4n) is 4.11. The zero-order valence-corrected chi connectivity index (χ0v) is 18.3. The first-order valence-corrected chi connectivity index (χ1v) is 10.8. The van der Waals surface area contributed by atoms with E-state index < -0.39 is 5.54 Å². The molecule has 1 saturated carbocycles. The molecule has 0 spiro atoms. The lowest BCUT2D eigenvalue weighted by Gasteiger charge is -2.41. The number of ether oxygens (including phenoxy) is 1. The first kappa shape index (κ1) is 20.3. The van der Waals surface area contributed by atoms with E-state index in [1.807, 2.05) is 42.5 Å². The smallest absolute Gasteiger partial charge is 0.323 e. The molecule has 0 radical (unpaired) electrons. The third kappa shape index (κ3) is 3.76. The summed E-state index contributed by atoms with van der Waals surface area (Å²) < 4.78 is 5.24. The highest BCUT2D eigenvalue weighted by molar-refractivity contribution is 6.30. The molecule has 2 aromatic carbocycles. The van der Waals surface area contributed by atoms with Crippen LogP contribution >= 0.6 is 11.6 Å². The zero-order chi connectivity index (χ0) is 22.1. The molecule has 3 aromatic rings. The Kier molecular flexibility index (Phi) is 5.20. The maximum atomic E-state index is 13.4. The largest absolute Gasteiger partial charge is 0.497 e. The summed E-state index contributed by atoms with van der Waals surface area (Å²) in [5.41, 5.74) is 2.47. The second kappa shape index (κ2) is 8.18. The zero-order valence-electron chi connectivity index (χ0n) is 17.5. The Morgan fingerprint density at radius 3 is 2.72 bits per heavy atom. The molecule has 1 N–H and O–H groups in total. The van der Waals surface area contributed by atoms with E-state index in [2.05, 4.69) is 27.1 Å². The molecule has 32 heavy (non-hydrogen) atoms. The van der Waals surface area contributed by atoms with Crippen molar-refractivity contribution in [1.82, 2.24) is 15.3 Å². The van der Waals surface area contributed by atoms with Gasteiger partial charge in [-0.1, -0.05) is 29.7 Å². The van der Waals surface area contributed by atoms with Gasteiger partial charge < -0.3 is 10.1 Å². The van der Waals surface area contributed by atoms with E-state index in [4.69, 9.17) is 16.3 Å². The van der Waals surface area contributed by atoms with Crippen molar-refractivity contribution in [3.8, 4) is 17.6 Å². The van der Waals surface area contributed by atoms with Gasteiger partial charge >= 0.3 is 6.03 Å². The summed E-state index contributed by atoms with van der Waals surface area (Å²) in [4.78, 5) is 23.5. The Labute approximate surface area is 191 Å². The summed E-state index contributed by atoms with van der Waals surface area (Å²) in [7, 11) is 1.63. The van der Waals surface area contributed by atoms with Crippen LogP contribution in [0.3, 0.4) is 0 Å². The van der Waals surface area contributed by atoms with Crippen LogP contribution in [0.1, 0.15) is 29.7 Å². The fourth-order valence-corrected chi connectivity index (χ4v) is 4.28. The number of fused-ring (bicyclic) bond motifs is 1. The number of aromatic nitrogens is 2. The summed E-state index contributed by atoms with van der Waals surface area (Å²) in [6, 6.07) is 13.1. The summed E-state index contributed by atoms with van der Waals surface area (Å²) in [5.74, 6) is 7.45. The molecule has 1 atom stereocenters. The molecule has 6 nitrogen and oxygen atoms in total. The first-order valence-electron chi connectivity index (χ1n) is 10.4. The number of nitrogens with one attached hydrogen (secondary N) is 1. The van der Waals surface area contributed by atoms with Crippen LogP contribution in [0, 0.1) is 17.8 Å². The average molecular weight is 445 g/mol. The number of rotatable bonds is 4. The standard InChI is InChI=1S/C25H21ClN4O2/c1-32-21-7-2-17(3-8-21)16-30-23-9-6-19(26)14-22(23)25(18-4-5-18,29-24(30)31)11-10-20-15-27-12-13-28-20/h2-3,6-9,12-15,18H,4-5,16H2,1H3,(H,29,31). The molecule has 2 heterocycles. The van der Waals surface area contributed by atoms with Crippen LogP contribution in [0.2, 0.25) is 5.02 Å². The molecule has 1 unspecified atom stereocenters. The lowest BCUT2D eigenvalue weighted by atomic mass is 9.82. The van der Waals surface area contributed by atoms with E-state index in [9.17, 15) is 4.79 Å². The van der Waals surface area contributed by atoms with Crippen molar-refractivity contribution in [1.29, 1.82) is 0 Å². The maximum Gasteiger partial charge on any atom is 0.323 e. The number of methoxy groups -OCH3 is 1. The van der Waals surface area contributed by atoms with Gasteiger partial charge in [0.05, 0.1) is 25.5 Å². The van der Waals surface area contributed by atoms with Crippen molar-refractivity contribution in [2.24, 2.45) is 5.92 Å². The minimum absolute atomic E-state index is 0.184. The predicted molar refractivity (Wildman–Crippen MR) is 122 cm³/mol. The number of urea groups is 1. The van der Waals surface area contributed by atoms with Crippen LogP contribution in [0.5, 0.6) is 5.75 Å². The minimum atomic E-state index is -0.814. The Balaban J connectivity index is 1.58. The third-order valence-electron chi connectivity index (χ3n) is 5.86. The Morgan fingerprint density at radius 2 is 2.03 bits per heavy atom. The number of benzene rings is 2. The molecule has 7 heteroatoms. The van der Waals surface area contributed by atoms with Gasteiger partial charge in [0, 0.05) is 23.0 Å². The Morgan fingerprint density at radius 1 is 1.22 bits per heavy atom. The predicted octanol–water partition coefficient (Wildman–Crippen LogP) is 4.53. The number of anilines is 1. The van der Waals surface area contributed by atoms with Crippen LogP contribution in [-0.2, 0) is 12.1 Å². The number of nitrogens with zero attached hydrogens (tertiary/aromatic N) is 3. The molecule has 5 rings (SSSR count). The molecule has 2 amide bonds. The topological polar surface area (TPSA) is 67.3 Å². The highest BCUT2D eigenvalue weighted by Gasteiger charge is 2.51. The van der Waals surface area contributed by atoms with Crippen molar-refractivity contribution in [2.75, 3.05) is 12.0 Å². The monoisotopic (exact) mass is 444 g/mol. The van der Waals surface area contributed by atoms with Gasteiger partial charge in [-0.15, -0.1) is 0 Å². The molecular formula is C25H21ClN4O2. The fraction of sp³-hybridized carbons (Fsp3) is 0.240. The Bertz CT molecular complexity index is 1220. The normalized spacial score (nSPS) is 19.4. The molecule has 0 saturated heterocycles. The van der Waals surface area contributed by atoms with Crippen LogP contribution in [0.15, 0.2) is 61.1 Å². The minimum Gasteiger partial charge on any atom is -0.497 e. The van der Waals surface area contributed by atoms with Gasteiger partial charge in [-0.3, -0.25) is 9.88 Å². The van der Waals surface area contributed by atoms with E-state index in [0.29, 0.717) is 17.3 Å². The number of halogens is 1. The molecule has 1 aromatic heterocycles. The van der Waals surface area contributed by atoms with E-state index in [-0.39, 0.29) is 11.9 Å². The van der Waals surface area contributed by atoms with Crippen molar-refractivity contribution >= 4 is 23.3 Å². The SMILES string of the molecule is COc1ccc(CN2C(=O)NC(C#Cc3cnccn3)(C3CC3)c3cc(Cl)ccc32)cc1. The number of hydrogen-bond donors (Lipinski definition) is 1. The van der Waals surface area contributed by atoms with Gasteiger partial charge in [-0.25, -0.2) is 9.78 Å². The van der Waals surface area contributed by atoms with Gasteiger partial charge in [0.25, 0.3) is 0 Å². The van der Waals surface area contributed by atoms with Crippen molar-refractivity contribution < 1.29 is 9.53 Å². The third-order valence-corrected chi connectivity index (χ3v) is 6.10. The van der Waals surface area contributed by atoms with E-state index in [1.165, 1.54) is 0 Å². The van der Waals surface area contributed by atoms with Crippen molar-refractivity contribution in [2.45, 2.75) is 24.9 Å². The molecule has 160 valence electrons. The van der Waals surface area contributed by atoms with E-state index in [1.54, 1.807) is 30.6 Å². The van der Waals surface area contributed by atoms with Crippen LogP contribution in [0.25, 0.3) is 0 Å². The average Bonchev–Trinajstić information content (AvgIpc) is 3.67. The highest BCUT2D eigenvalue weighted by Crippen LogP contribution is 2.50. The number of amides is 2. The van der Waals surface area contributed by atoms with E-state index in [0.717, 1.165) is 35.4 Å². The van der Waals surface area contributed by atoms with Crippen LogP contribution in [-0.4, -0.2) is 23.1 Å². The summed E-state index contributed by atoms with van der Waals surface area (Å²) >= 11 is 6.41. The number of carbonyl (C=O) groups excluding carboxylic acids is 1. The van der Waals surface area contributed by atoms with Crippen LogP contribution in [0.4, 0.5) is 10.5 Å². The Hall–Kier alpha value is -3.56. The second-order valence-electron chi connectivity index (χ2n) is 7.95. The highest BCUT2D eigenvalue weighted by atomic mass is 35.5. The summed E-state index contributed by atoms with van der Waals surface area (Å²) in [6.07, 6.45) is 6.80. The lowest BCUT2D eigenvalue weighted by Crippen LogP contribution is -2.56. The van der Waals surface area contributed by atoms with Gasteiger partial charge in [0.15, 0.2) is 0 Å². The van der Waals surface area contributed by atoms with Gasteiger partial charge in [0.2, 0.25) is 0 Å². The molecule has 0 bridgehead atoms. The summed E-state index contributed by atoms with van der Waals surface area (Å²) in [6.45, 7) is 0.419. The molecule has 2 aliphatic rings. The second-order valence-corrected chi connectivity index (χ2v) is 8.39. The van der Waals surface area contributed by atoms with Gasteiger partial charge in [-0.2, -0.15) is 0 Å². The number of hydrogen-bond acceptors (Lipinski definition) is 4. The number of carbonyl (C=O) groups is 1. The molecular weight excluding hydrogens is 424 g/mol. The maximum absolute atomic E-state index is 13.4. The molecule has 1 aliphatic carbocycles. The van der Waals surface area contributed by atoms with Crippen LogP contribution < -0.4 is 15.0 Å². The lowest BCUT2D eigenvalue weighted by molar-refractivity contribution is 0.231. The quantitative estimate of drug-likeness (QED) is 0.600.